The average Bonchev–Trinajstić information content (AvgIpc) is 2.10. The lowest BCUT2D eigenvalue weighted by molar-refractivity contribution is 0.000806. The zero-order valence-corrected chi connectivity index (χ0v) is 10.9. The molecular weight excluding hydrogens is 184 g/mol. The van der Waals surface area contributed by atoms with Crippen LogP contribution in [0, 0.1) is 23.7 Å². The van der Waals surface area contributed by atoms with Crippen LogP contribution in [0.15, 0.2) is 0 Å². The molecule has 1 saturated carbocycles. The molecule has 1 rings (SSSR count). The van der Waals surface area contributed by atoms with Gasteiger partial charge in [-0.2, -0.15) is 0 Å². The molecule has 90 valence electrons. The van der Waals surface area contributed by atoms with Crippen LogP contribution in [0.1, 0.15) is 59.8 Å². The van der Waals surface area contributed by atoms with Gasteiger partial charge in [-0.1, -0.05) is 34.1 Å². The molecule has 2 unspecified atom stereocenters. The van der Waals surface area contributed by atoms with Crippen LogP contribution in [0.2, 0.25) is 0 Å². The van der Waals surface area contributed by atoms with Crippen molar-refractivity contribution >= 4 is 0 Å². The van der Waals surface area contributed by atoms with Crippen molar-refractivity contribution < 1.29 is 5.11 Å². The molecule has 1 aliphatic carbocycles. The molecule has 1 heteroatoms. The third-order valence-corrected chi connectivity index (χ3v) is 3.66. The number of aliphatic hydroxyl groups is 1. The lowest BCUT2D eigenvalue weighted by Crippen LogP contribution is -2.34. The minimum atomic E-state index is -0.0245. The van der Waals surface area contributed by atoms with E-state index in [0.717, 1.165) is 11.8 Å². The van der Waals surface area contributed by atoms with Gasteiger partial charge < -0.3 is 5.11 Å². The monoisotopic (exact) mass is 212 g/mol. The van der Waals surface area contributed by atoms with Crippen LogP contribution < -0.4 is 0 Å². The van der Waals surface area contributed by atoms with Crippen molar-refractivity contribution in [1.29, 1.82) is 0 Å². The minimum absolute atomic E-state index is 0.0245. The Kier molecular flexibility index (Phi) is 5.11. The van der Waals surface area contributed by atoms with Crippen molar-refractivity contribution in [1.82, 2.24) is 0 Å². The van der Waals surface area contributed by atoms with Gasteiger partial charge >= 0.3 is 0 Å². The van der Waals surface area contributed by atoms with Crippen LogP contribution in [-0.2, 0) is 0 Å². The quantitative estimate of drug-likeness (QED) is 0.750. The van der Waals surface area contributed by atoms with Gasteiger partial charge in [-0.25, -0.2) is 0 Å². The van der Waals surface area contributed by atoms with E-state index in [9.17, 15) is 5.11 Å². The van der Waals surface area contributed by atoms with E-state index in [2.05, 4.69) is 27.7 Å². The van der Waals surface area contributed by atoms with Crippen molar-refractivity contribution in [2.75, 3.05) is 0 Å². The lowest BCUT2D eigenvalue weighted by Gasteiger charge is -2.36. The Hall–Kier alpha value is -0.0400. The summed E-state index contributed by atoms with van der Waals surface area (Å²) in [5.74, 6) is 2.59. The average molecular weight is 212 g/mol. The first-order valence-corrected chi connectivity index (χ1v) is 6.68. The molecule has 0 heterocycles. The van der Waals surface area contributed by atoms with Crippen molar-refractivity contribution in [3.8, 4) is 0 Å². The molecule has 1 fully saturated rings. The Morgan fingerprint density at radius 3 is 1.67 bits per heavy atom. The maximum absolute atomic E-state index is 10.3. The van der Waals surface area contributed by atoms with Gasteiger partial charge in [-0.15, -0.1) is 0 Å². The summed E-state index contributed by atoms with van der Waals surface area (Å²) in [6.07, 6.45) is 6.20. The molecule has 0 bridgehead atoms. The molecule has 0 aromatic heterocycles. The van der Waals surface area contributed by atoms with Crippen LogP contribution in [0.25, 0.3) is 0 Å². The maximum atomic E-state index is 10.3. The van der Waals surface area contributed by atoms with E-state index < -0.39 is 0 Å². The summed E-state index contributed by atoms with van der Waals surface area (Å²) in [7, 11) is 0. The summed E-state index contributed by atoms with van der Waals surface area (Å²) in [4.78, 5) is 0. The topological polar surface area (TPSA) is 20.2 Å². The van der Waals surface area contributed by atoms with E-state index in [1.54, 1.807) is 0 Å². The number of hydrogen-bond donors (Lipinski definition) is 1. The zero-order chi connectivity index (χ0) is 11.4. The molecule has 2 atom stereocenters. The summed E-state index contributed by atoms with van der Waals surface area (Å²) in [5, 5.41) is 10.3. The number of aliphatic hydroxyl groups excluding tert-OH is 1. The highest BCUT2D eigenvalue weighted by Gasteiger charge is 2.31. The SMILES string of the molecule is CC(C)CC1CCCC(CC(C)C)C1O. The molecule has 15 heavy (non-hydrogen) atoms. The highest BCUT2D eigenvalue weighted by Crippen LogP contribution is 2.36. The van der Waals surface area contributed by atoms with E-state index >= 15 is 0 Å². The Labute approximate surface area is 95.3 Å². The Morgan fingerprint density at radius 1 is 0.933 bits per heavy atom. The fourth-order valence-electron chi connectivity index (χ4n) is 3.09. The van der Waals surface area contributed by atoms with Crippen molar-refractivity contribution in [2.24, 2.45) is 23.7 Å². The van der Waals surface area contributed by atoms with Crippen molar-refractivity contribution in [2.45, 2.75) is 65.9 Å². The lowest BCUT2D eigenvalue weighted by atomic mass is 9.73. The third kappa shape index (κ3) is 4.14. The first-order valence-electron chi connectivity index (χ1n) is 6.68. The van der Waals surface area contributed by atoms with Gasteiger partial charge in [0.15, 0.2) is 0 Å². The van der Waals surface area contributed by atoms with Gasteiger partial charge in [0.05, 0.1) is 6.10 Å². The molecule has 1 nitrogen and oxygen atoms in total. The van der Waals surface area contributed by atoms with Crippen LogP contribution in [0.4, 0.5) is 0 Å². The van der Waals surface area contributed by atoms with E-state index in [1.807, 2.05) is 0 Å². The van der Waals surface area contributed by atoms with Crippen LogP contribution in [0.5, 0.6) is 0 Å². The van der Waals surface area contributed by atoms with E-state index in [-0.39, 0.29) is 6.10 Å². The van der Waals surface area contributed by atoms with Crippen molar-refractivity contribution in [3.05, 3.63) is 0 Å². The van der Waals surface area contributed by atoms with Crippen molar-refractivity contribution in [3.63, 3.8) is 0 Å². The molecule has 0 aliphatic heterocycles. The predicted octanol–water partition coefficient (Wildman–Crippen LogP) is 3.86. The maximum Gasteiger partial charge on any atom is 0.0596 e. The molecule has 1 N–H and O–H groups in total. The Morgan fingerprint density at radius 2 is 1.33 bits per heavy atom. The third-order valence-electron chi connectivity index (χ3n) is 3.66. The first-order chi connectivity index (χ1) is 7.00. The van der Waals surface area contributed by atoms with Crippen LogP contribution >= 0.6 is 0 Å². The van der Waals surface area contributed by atoms with Gasteiger partial charge in [-0.05, 0) is 49.4 Å². The number of hydrogen-bond acceptors (Lipinski definition) is 1. The van der Waals surface area contributed by atoms with Gasteiger partial charge in [0, 0.05) is 0 Å². The second-order valence-electron chi connectivity index (χ2n) is 6.20. The normalized spacial score (nSPS) is 32.6. The molecule has 0 radical (unpaired) electrons. The fourth-order valence-corrected chi connectivity index (χ4v) is 3.09. The zero-order valence-electron chi connectivity index (χ0n) is 10.9. The first kappa shape index (κ1) is 13.0. The van der Waals surface area contributed by atoms with E-state index in [0.29, 0.717) is 11.8 Å². The van der Waals surface area contributed by atoms with Crippen LogP contribution in [0.3, 0.4) is 0 Å². The summed E-state index contributed by atoms with van der Waals surface area (Å²) in [5.41, 5.74) is 0. The molecular formula is C14H28O. The van der Waals surface area contributed by atoms with E-state index in [4.69, 9.17) is 0 Å². The summed E-state index contributed by atoms with van der Waals surface area (Å²) >= 11 is 0. The Balaban J connectivity index is 2.47. The summed E-state index contributed by atoms with van der Waals surface area (Å²) in [6, 6.07) is 0. The van der Waals surface area contributed by atoms with Crippen LogP contribution in [-0.4, -0.2) is 11.2 Å². The molecule has 0 amide bonds. The van der Waals surface area contributed by atoms with E-state index in [1.165, 1.54) is 32.1 Å². The van der Waals surface area contributed by atoms with Gasteiger partial charge in [0.2, 0.25) is 0 Å². The molecule has 0 aromatic rings. The second kappa shape index (κ2) is 5.89. The molecule has 0 aromatic carbocycles. The molecule has 0 spiro atoms. The van der Waals surface area contributed by atoms with Gasteiger partial charge in [-0.3, -0.25) is 0 Å². The largest absolute Gasteiger partial charge is 0.393 e. The van der Waals surface area contributed by atoms with Gasteiger partial charge in [0.1, 0.15) is 0 Å². The smallest absolute Gasteiger partial charge is 0.0596 e. The Bertz CT molecular complexity index is 156. The van der Waals surface area contributed by atoms with Gasteiger partial charge in [0.25, 0.3) is 0 Å². The highest BCUT2D eigenvalue weighted by atomic mass is 16.3. The minimum Gasteiger partial charge on any atom is -0.393 e. The predicted molar refractivity (Wildman–Crippen MR) is 65.7 cm³/mol. The standard InChI is InChI=1S/C14H28O/c1-10(2)8-12-6-5-7-13(14(12)15)9-11(3)4/h10-15H,5-9H2,1-4H3. The summed E-state index contributed by atoms with van der Waals surface area (Å²) in [6.45, 7) is 9.05. The number of rotatable bonds is 4. The molecule has 0 saturated heterocycles. The summed E-state index contributed by atoms with van der Waals surface area (Å²) < 4.78 is 0. The fraction of sp³-hybridized carbons (Fsp3) is 1.00. The molecule has 1 aliphatic rings. The second-order valence-corrected chi connectivity index (χ2v) is 6.20. The highest BCUT2D eigenvalue weighted by molar-refractivity contribution is 4.82.